The smallest absolute Gasteiger partial charge is 0.124 e. The Kier molecular flexibility index (Phi) is 11.1. The maximum atomic E-state index is 12.4. The summed E-state index contributed by atoms with van der Waals surface area (Å²) in [6.45, 7) is 6.27. The predicted octanol–water partition coefficient (Wildman–Crippen LogP) is 4.39. The molecule has 29 heavy (non-hydrogen) atoms. The third-order valence-corrected chi connectivity index (χ3v) is 3.33. The molecule has 0 saturated carbocycles. The standard InChI is InChI=1S/C13H16N4.C8H10FNO2.2H2/c1-3-5-11(6-4-2)17-12-9-16-13(15)7-10(12)8-14;9-7-1-3-8(4-2-7)12-6-5-10-11;;/h3-9,14,17H,1H2,2H3,(H2,15,16);1-4,10-11H,5-6H2;2*1H/b6-4-,11-5+,14-8?;;;. The highest BCUT2D eigenvalue weighted by atomic mass is 19.1. The monoisotopic (exact) mass is 403 g/mol. The van der Waals surface area contributed by atoms with E-state index in [0.717, 1.165) is 11.4 Å². The molecule has 0 radical (unpaired) electrons. The van der Waals surface area contributed by atoms with Crippen LogP contribution in [-0.4, -0.2) is 29.6 Å². The lowest BCUT2D eigenvalue weighted by Crippen LogP contribution is -2.16. The molecular formula is C21H30FN5O2. The van der Waals surface area contributed by atoms with Crippen LogP contribution in [0.3, 0.4) is 0 Å². The van der Waals surface area contributed by atoms with Gasteiger partial charge < -0.3 is 26.4 Å². The Morgan fingerprint density at radius 3 is 2.72 bits per heavy atom. The van der Waals surface area contributed by atoms with E-state index in [4.69, 9.17) is 21.1 Å². The highest BCUT2D eigenvalue weighted by Crippen LogP contribution is 2.17. The molecule has 0 unspecified atom stereocenters. The average molecular weight is 404 g/mol. The fraction of sp³-hybridized carbons (Fsp3) is 0.143. The van der Waals surface area contributed by atoms with Gasteiger partial charge in [-0.25, -0.2) is 14.9 Å². The summed E-state index contributed by atoms with van der Waals surface area (Å²) in [7, 11) is 0. The van der Waals surface area contributed by atoms with Crippen LogP contribution in [-0.2, 0) is 0 Å². The van der Waals surface area contributed by atoms with Gasteiger partial charge in [-0.2, -0.15) is 0 Å². The topological polar surface area (TPSA) is 116 Å². The summed E-state index contributed by atoms with van der Waals surface area (Å²) in [4.78, 5) is 4.00. The summed E-state index contributed by atoms with van der Waals surface area (Å²) in [5, 5.41) is 18.7. The third-order valence-electron chi connectivity index (χ3n) is 3.33. The van der Waals surface area contributed by atoms with E-state index in [1.807, 2.05) is 30.6 Å². The molecule has 0 aliphatic rings. The lowest BCUT2D eigenvalue weighted by atomic mass is 10.2. The van der Waals surface area contributed by atoms with Crippen LogP contribution in [0.1, 0.15) is 15.3 Å². The Morgan fingerprint density at radius 2 is 2.14 bits per heavy atom. The van der Waals surface area contributed by atoms with E-state index in [1.165, 1.54) is 30.5 Å². The average Bonchev–Trinajstić information content (AvgIpc) is 2.72. The van der Waals surface area contributed by atoms with Gasteiger partial charge in [-0.05, 0) is 49.4 Å². The number of hydrogen-bond donors (Lipinski definition) is 5. The number of nitrogen functional groups attached to an aromatic ring is 1. The number of hydroxylamine groups is 1. The van der Waals surface area contributed by atoms with Crippen LogP contribution >= 0.6 is 0 Å². The number of aromatic nitrogens is 1. The van der Waals surface area contributed by atoms with Crippen molar-refractivity contribution < 1.29 is 17.2 Å². The number of ether oxygens (including phenoxy) is 1. The molecule has 2 aromatic rings. The van der Waals surface area contributed by atoms with E-state index in [0.29, 0.717) is 30.3 Å². The SMILES string of the molecule is C=C/C=C(\C=C/C)Nc1cnc(N)cc1C=N.ONCCOc1ccc(F)cc1.[HH].[HH]. The normalized spacial score (nSPS) is 10.8. The summed E-state index contributed by atoms with van der Waals surface area (Å²) in [5.41, 5.74) is 9.81. The fourth-order valence-electron chi connectivity index (χ4n) is 2.06. The van der Waals surface area contributed by atoms with Crippen LogP contribution in [0.25, 0.3) is 0 Å². The first-order valence-electron chi connectivity index (χ1n) is 8.77. The van der Waals surface area contributed by atoms with Gasteiger partial charge in [0.2, 0.25) is 0 Å². The molecule has 0 spiro atoms. The number of pyridine rings is 1. The van der Waals surface area contributed by atoms with E-state index in [-0.39, 0.29) is 8.67 Å². The number of anilines is 2. The van der Waals surface area contributed by atoms with Crippen LogP contribution in [0.15, 0.2) is 73.1 Å². The van der Waals surface area contributed by atoms with Crippen LogP contribution in [0.2, 0.25) is 0 Å². The van der Waals surface area contributed by atoms with Gasteiger partial charge in [-0.1, -0.05) is 18.7 Å². The van der Waals surface area contributed by atoms with Crippen molar-refractivity contribution in [1.29, 1.82) is 5.41 Å². The molecule has 1 aromatic heterocycles. The molecule has 7 nitrogen and oxygen atoms in total. The molecule has 0 bridgehead atoms. The van der Waals surface area contributed by atoms with Gasteiger partial charge in [-0.15, -0.1) is 0 Å². The molecule has 0 atom stereocenters. The zero-order chi connectivity index (χ0) is 21.5. The summed E-state index contributed by atoms with van der Waals surface area (Å²) in [6.07, 6.45) is 10.2. The van der Waals surface area contributed by atoms with Crippen molar-refractivity contribution >= 4 is 17.7 Å². The second-order valence-electron chi connectivity index (χ2n) is 5.53. The minimum Gasteiger partial charge on any atom is -0.492 e. The molecule has 1 heterocycles. The van der Waals surface area contributed by atoms with Crippen LogP contribution < -0.4 is 21.3 Å². The summed E-state index contributed by atoms with van der Waals surface area (Å²) < 4.78 is 17.5. The second kappa shape index (κ2) is 13.6. The Balaban J connectivity index is 0. The van der Waals surface area contributed by atoms with Crippen molar-refractivity contribution in [3.05, 3.63) is 84.5 Å². The molecule has 0 saturated heterocycles. The van der Waals surface area contributed by atoms with Crippen molar-refractivity contribution in [2.45, 2.75) is 6.92 Å². The number of nitrogens with zero attached hydrogens (tertiary/aromatic N) is 1. The van der Waals surface area contributed by atoms with Crippen molar-refractivity contribution in [1.82, 2.24) is 10.5 Å². The minimum absolute atomic E-state index is 0. The largest absolute Gasteiger partial charge is 0.492 e. The molecule has 0 aliphatic carbocycles. The fourth-order valence-corrected chi connectivity index (χ4v) is 2.06. The van der Waals surface area contributed by atoms with E-state index in [9.17, 15) is 4.39 Å². The van der Waals surface area contributed by atoms with Gasteiger partial charge in [0, 0.05) is 20.3 Å². The van der Waals surface area contributed by atoms with Crippen LogP contribution in [0.5, 0.6) is 5.75 Å². The molecule has 0 amide bonds. The highest BCUT2D eigenvalue weighted by molar-refractivity contribution is 5.87. The van der Waals surface area contributed by atoms with Gasteiger partial charge >= 0.3 is 0 Å². The molecule has 0 aliphatic heterocycles. The van der Waals surface area contributed by atoms with Crippen molar-refractivity contribution in [3.8, 4) is 5.75 Å². The number of nitrogens with two attached hydrogens (primary N) is 1. The second-order valence-corrected chi connectivity index (χ2v) is 5.53. The summed E-state index contributed by atoms with van der Waals surface area (Å²) >= 11 is 0. The van der Waals surface area contributed by atoms with E-state index in [2.05, 4.69) is 16.9 Å². The van der Waals surface area contributed by atoms with Crippen molar-refractivity contribution in [3.63, 3.8) is 0 Å². The van der Waals surface area contributed by atoms with E-state index >= 15 is 0 Å². The molecule has 1 aromatic carbocycles. The summed E-state index contributed by atoms with van der Waals surface area (Å²) in [6, 6.07) is 7.36. The molecule has 0 fully saturated rings. The highest BCUT2D eigenvalue weighted by Gasteiger charge is 2.02. The third kappa shape index (κ3) is 9.32. The zero-order valence-electron chi connectivity index (χ0n) is 16.2. The number of halogens is 1. The predicted molar refractivity (Wildman–Crippen MR) is 119 cm³/mol. The lowest BCUT2D eigenvalue weighted by Gasteiger charge is -2.09. The summed E-state index contributed by atoms with van der Waals surface area (Å²) in [5.74, 6) is 0.698. The zero-order valence-corrected chi connectivity index (χ0v) is 16.2. The molecule has 6 N–H and O–H groups in total. The Morgan fingerprint density at radius 1 is 1.41 bits per heavy atom. The number of nitrogens with one attached hydrogen (secondary N) is 3. The number of benzene rings is 1. The Bertz CT molecular complexity index is 846. The number of allylic oxidation sites excluding steroid dienone is 4. The van der Waals surface area contributed by atoms with Gasteiger partial charge in [0.15, 0.2) is 0 Å². The molecule has 158 valence electrons. The van der Waals surface area contributed by atoms with Crippen LogP contribution in [0.4, 0.5) is 15.9 Å². The Labute approximate surface area is 172 Å². The number of rotatable bonds is 9. The first kappa shape index (κ1) is 23.5. The van der Waals surface area contributed by atoms with Gasteiger partial charge in [0.1, 0.15) is 24.0 Å². The van der Waals surface area contributed by atoms with Gasteiger partial charge in [-0.3, -0.25) is 0 Å². The quantitative estimate of drug-likeness (QED) is 0.183. The lowest BCUT2D eigenvalue weighted by molar-refractivity contribution is 0.145. The first-order valence-corrected chi connectivity index (χ1v) is 8.77. The van der Waals surface area contributed by atoms with Crippen LogP contribution in [0, 0.1) is 11.2 Å². The number of hydrogen-bond acceptors (Lipinski definition) is 7. The van der Waals surface area contributed by atoms with Crippen molar-refractivity contribution in [2.24, 2.45) is 0 Å². The van der Waals surface area contributed by atoms with E-state index < -0.39 is 0 Å². The molecule has 2 rings (SSSR count). The first-order chi connectivity index (χ1) is 14.0. The minimum atomic E-state index is -0.289. The van der Waals surface area contributed by atoms with E-state index in [1.54, 1.807) is 18.3 Å². The van der Waals surface area contributed by atoms with Gasteiger partial charge in [0.05, 0.1) is 18.4 Å². The molecular weight excluding hydrogens is 373 g/mol. The van der Waals surface area contributed by atoms with Gasteiger partial charge in [0.25, 0.3) is 0 Å². The maximum absolute atomic E-state index is 12.4. The van der Waals surface area contributed by atoms with Crippen molar-refractivity contribution in [2.75, 3.05) is 24.2 Å². The maximum Gasteiger partial charge on any atom is 0.124 e. The molecule has 8 heteroatoms. The Hall–Kier alpha value is -3.49.